The highest BCUT2D eigenvalue weighted by Gasteiger charge is 2.17. The zero-order chi connectivity index (χ0) is 13.9. The number of anilines is 1. The predicted molar refractivity (Wildman–Crippen MR) is 89.9 cm³/mol. The van der Waals surface area contributed by atoms with Crippen molar-refractivity contribution >= 4 is 39.1 Å². The van der Waals surface area contributed by atoms with E-state index in [1.165, 1.54) is 35.9 Å². The van der Waals surface area contributed by atoms with Crippen LogP contribution in [0.1, 0.15) is 43.3 Å². The van der Waals surface area contributed by atoms with Crippen LogP contribution in [0.5, 0.6) is 0 Å². The first-order valence-electron chi connectivity index (χ1n) is 7.39. The van der Waals surface area contributed by atoms with Crippen LogP contribution in [0.15, 0.2) is 6.07 Å². The van der Waals surface area contributed by atoms with Crippen LogP contribution in [0.3, 0.4) is 0 Å². The van der Waals surface area contributed by atoms with Gasteiger partial charge in [-0.3, -0.25) is 0 Å². The van der Waals surface area contributed by atoms with E-state index in [9.17, 15) is 0 Å². The lowest BCUT2D eigenvalue weighted by Crippen LogP contribution is -2.04. The second-order valence-corrected chi connectivity index (χ2v) is 7.84. The number of aromatic nitrogens is 2. The van der Waals surface area contributed by atoms with Crippen molar-refractivity contribution in [1.82, 2.24) is 9.97 Å². The highest BCUT2D eigenvalue weighted by molar-refractivity contribution is 7.99. The van der Waals surface area contributed by atoms with Crippen LogP contribution in [-0.2, 0) is 5.75 Å². The third-order valence-corrected chi connectivity index (χ3v) is 5.97. The van der Waals surface area contributed by atoms with Crippen molar-refractivity contribution in [3.8, 4) is 0 Å². The summed E-state index contributed by atoms with van der Waals surface area (Å²) in [6.45, 7) is 5.14. The van der Waals surface area contributed by atoms with E-state index in [4.69, 9.17) is 9.97 Å². The van der Waals surface area contributed by atoms with Crippen molar-refractivity contribution < 1.29 is 0 Å². The third kappa shape index (κ3) is 3.09. The van der Waals surface area contributed by atoms with Gasteiger partial charge in [0.2, 0.25) is 0 Å². The van der Waals surface area contributed by atoms with Gasteiger partial charge in [-0.25, -0.2) is 9.97 Å². The molecule has 1 aliphatic carbocycles. The molecule has 0 bridgehead atoms. The van der Waals surface area contributed by atoms with Gasteiger partial charge in [0.1, 0.15) is 16.5 Å². The number of hydrogen-bond acceptors (Lipinski definition) is 5. The van der Waals surface area contributed by atoms with Gasteiger partial charge >= 0.3 is 0 Å². The molecule has 2 aromatic heterocycles. The molecule has 1 fully saturated rings. The first kappa shape index (κ1) is 14.1. The van der Waals surface area contributed by atoms with Crippen LogP contribution in [-0.4, -0.2) is 21.8 Å². The standard InChI is InChI=1S/C15H21N3S2/c1-3-16-14-12-8-10(2)20-15(12)18-13(17-14)9-19-11-6-4-5-7-11/h8,11H,3-7,9H2,1-2H3,(H,16,17,18). The summed E-state index contributed by atoms with van der Waals surface area (Å²) in [6.07, 6.45) is 5.52. The highest BCUT2D eigenvalue weighted by Crippen LogP contribution is 2.33. The fourth-order valence-corrected chi connectivity index (χ4v) is 4.78. The van der Waals surface area contributed by atoms with Crippen LogP contribution in [0.4, 0.5) is 5.82 Å². The molecule has 1 aliphatic rings. The van der Waals surface area contributed by atoms with Gasteiger partial charge in [-0.2, -0.15) is 11.8 Å². The topological polar surface area (TPSA) is 37.8 Å². The normalized spacial score (nSPS) is 16.1. The average molecular weight is 307 g/mol. The number of fused-ring (bicyclic) bond motifs is 1. The Balaban J connectivity index is 1.82. The minimum absolute atomic E-state index is 0.821. The first-order chi connectivity index (χ1) is 9.76. The first-order valence-corrected chi connectivity index (χ1v) is 9.25. The molecule has 3 rings (SSSR count). The van der Waals surface area contributed by atoms with Gasteiger partial charge < -0.3 is 5.32 Å². The van der Waals surface area contributed by atoms with Crippen molar-refractivity contribution in [1.29, 1.82) is 0 Å². The molecule has 1 saturated carbocycles. The van der Waals surface area contributed by atoms with Crippen LogP contribution in [0.25, 0.3) is 10.2 Å². The number of nitrogens with zero attached hydrogens (tertiary/aromatic N) is 2. The molecule has 0 spiro atoms. The molecule has 1 N–H and O–H groups in total. The quantitative estimate of drug-likeness (QED) is 0.875. The molecule has 2 aromatic rings. The highest BCUT2D eigenvalue weighted by atomic mass is 32.2. The summed E-state index contributed by atoms with van der Waals surface area (Å²) in [6, 6.07) is 2.19. The second-order valence-electron chi connectivity index (χ2n) is 5.31. The maximum atomic E-state index is 4.75. The van der Waals surface area contributed by atoms with E-state index in [2.05, 4.69) is 25.2 Å². The number of nitrogens with one attached hydrogen (secondary N) is 1. The zero-order valence-corrected chi connectivity index (χ0v) is 13.7. The smallest absolute Gasteiger partial charge is 0.142 e. The lowest BCUT2D eigenvalue weighted by molar-refractivity contribution is 0.886. The second kappa shape index (κ2) is 6.31. The van der Waals surface area contributed by atoms with Crippen LogP contribution >= 0.6 is 23.1 Å². The van der Waals surface area contributed by atoms with Crippen molar-refractivity contribution in [2.45, 2.75) is 50.5 Å². The third-order valence-electron chi connectivity index (χ3n) is 3.66. The fourth-order valence-electron chi connectivity index (χ4n) is 2.70. The van der Waals surface area contributed by atoms with E-state index in [1.54, 1.807) is 11.3 Å². The largest absolute Gasteiger partial charge is 0.370 e. The number of hydrogen-bond donors (Lipinski definition) is 1. The molecule has 0 amide bonds. The Morgan fingerprint density at radius 2 is 2.15 bits per heavy atom. The van der Waals surface area contributed by atoms with E-state index in [-0.39, 0.29) is 0 Å². The van der Waals surface area contributed by atoms with Gasteiger partial charge in [0.25, 0.3) is 0 Å². The summed E-state index contributed by atoms with van der Waals surface area (Å²) in [5.74, 6) is 2.92. The molecular weight excluding hydrogens is 286 g/mol. The lowest BCUT2D eigenvalue weighted by Gasteiger charge is -2.09. The molecule has 5 heteroatoms. The summed E-state index contributed by atoms with van der Waals surface area (Å²) in [5, 5.41) is 5.37. The van der Waals surface area contributed by atoms with Gasteiger partial charge in [0.05, 0.1) is 11.1 Å². The molecule has 0 atom stereocenters. The van der Waals surface area contributed by atoms with Crippen LogP contribution in [0, 0.1) is 6.92 Å². The van der Waals surface area contributed by atoms with Crippen molar-refractivity contribution in [2.24, 2.45) is 0 Å². The average Bonchev–Trinajstić information content (AvgIpc) is 3.05. The van der Waals surface area contributed by atoms with Gasteiger partial charge in [-0.05, 0) is 32.8 Å². The SMILES string of the molecule is CCNc1nc(CSC2CCCC2)nc2sc(C)cc12. The summed E-state index contributed by atoms with van der Waals surface area (Å²) in [7, 11) is 0. The van der Waals surface area contributed by atoms with E-state index >= 15 is 0 Å². The molecule has 0 aliphatic heterocycles. The van der Waals surface area contributed by atoms with Gasteiger partial charge in [-0.15, -0.1) is 11.3 Å². The molecule has 0 unspecified atom stereocenters. The monoisotopic (exact) mass is 307 g/mol. The van der Waals surface area contributed by atoms with E-state index < -0.39 is 0 Å². The summed E-state index contributed by atoms with van der Waals surface area (Å²) in [4.78, 5) is 11.9. The molecule has 2 heterocycles. The minimum atomic E-state index is 0.821. The molecule has 0 aromatic carbocycles. The summed E-state index contributed by atoms with van der Waals surface area (Å²) < 4.78 is 0. The Kier molecular flexibility index (Phi) is 4.46. The lowest BCUT2D eigenvalue weighted by atomic mass is 10.3. The molecular formula is C15H21N3S2. The molecule has 108 valence electrons. The number of aryl methyl sites for hydroxylation is 1. The Morgan fingerprint density at radius 1 is 1.35 bits per heavy atom. The molecule has 20 heavy (non-hydrogen) atoms. The summed E-state index contributed by atoms with van der Waals surface area (Å²) >= 11 is 3.80. The van der Waals surface area contributed by atoms with Gasteiger partial charge in [0, 0.05) is 16.7 Å². The minimum Gasteiger partial charge on any atom is -0.370 e. The maximum Gasteiger partial charge on any atom is 0.142 e. The maximum absolute atomic E-state index is 4.75. The number of rotatable bonds is 5. The van der Waals surface area contributed by atoms with Gasteiger partial charge in [0.15, 0.2) is 0 Å². The van der Waals surface area contributed by atoms with Crippen molar-refractivity contribution in [3.05, 3.63) is 16.8 Å². The van der Waals surface area contributed by atoms with Crippen molar-refractivity contribution in [3.63, 3.8) is 0 Å². The Hall–Kier alpha value is -0.810. The number of thioether (sulfide) groups is 1. The predicted octanol–water partition coefficient (Wildman–Crippen LogP) is 4.61. The van der Waals surface area contributed by atoms with Crippen LogP contribution in [0.2, 0.25) is 0 Å². The Morgan fingerprint density at radius 3 is 2.90 bits per heavy atom. The Bertz CT molecular complexity index is 588. The number of thiophene rings is 1. The Labute approximate surface area is 128 Å². The molecule has 0 saturated heterocycles. The van der Waals surface area contributed by atoms with Gasteiger partial charge in [-0.1, -0.05) is 12.8 Å². The van der Waals surface area contributed by atoms with E-state index in [0.717, 1.165) is 34.0 Å². The zero-order valence-electron chi connectivity index (χ0n) is 12.1. The fraction of sp³-hybridized carbons (Fsp3) is 0.600. The van der Waals surface area contributed by atoms with Crippen molar-refractivity contribution in [2.75, 3.05) is 11.9 Å². The molecule has 0 radical (unpaired) electrons. The summed E-state index contributed by atoms with van der Waals surface area (Å²) in [5.41, 5.74) is 0. The van der Waals surface area contributed by atoms with Crippen LogP contribution < -0.4 is 5.32 Å². The van der Waals surface area contributed by atoms with E-state index in [0.29, 0.717) is 0 Å². The van der Waals surface area contributed by atoms with E-state index in [1.807, 2.05) is 11.8 Å². The molecule has 3 nitrogen and oxygen atoms in total.